The maximum absolute atomic E-state index is 5.71. The minimum Gasteiger partial charge on any atom is -0.119 e. The fraction of sp³-hybridized carbons (Fsp3) is 0.750. The molecule has 0 aromatic rings. The molecule has 0 aliphatic carbocycles. The second-order valence-electron chi connectivity index (χ2n) is 1.58. The molecule has 0 aliphatic heterocycles. The van der Waals surface area contributed by atoms with Crippen LogP contribution in [0.3, 0.4) is 0 Å². The van der Waals surface area contributed by atoms with Gasteiger partial charge in [0.1, 0.15) is 2.14 Å². The SMILES string of the molecule is Cl[C](Cl)C(Cl)CC(Br)(Br)Br. The average molecular weight is 397 g/mol. The number of alkyl halides is 4. The Bertz CT molecular complexity index is 100. The quantitative estimate of drug-likeness (QED) is 0.588. The molecule has 0 aromatic carbocycles. The Hall–Kier alpha value is 2.31. The summed E-state index contributed by atoms with van der Waals surface area (Å²) >= 11 is 26.4. The first kappa shape index (κ1) is 12.3. The zero-order chi connectivity index (χ0) is 8.36. The van der Waals surface area contributed by atoms with E-state index < -0.39 is 0 Å². The molecule has 0 spiro atoms. The Morgan fingerprint density at radius 2 is 1.70 bits per heavy atom. The van der Waals surface area contributed by atoms with Crippen LogP contribution in [-0.2, 0) is 0 Å². The third-order valence-electron chi connectivity index (χ3n) is 0.647. The summed E-state index contributed by atoms with van der Waals surface area (Å²) in [5, 5.41) is -0.360. The molecule has 0 saturated heterocycles. The van der Waals surface area contributed by atoms with Gasteiger partial charge in [0.15, 0.2) is 4.84 Å². The van der Waals surface area contributed by atoms with E-state index in [0.717, 1.165) is 0 Å². The lowest BCUT2D eigenvalue weighted by Gasteiger charge is -2.16. The number of hydrogen-bond donors (Lipinski definition) is 0. The van der Waals surface area contributed by atoms with Crippen molar-refractivity contribution in [2.24, 2.45) is 0 Å². The summed E-state index contributed by atoms with van der Waals surface area (Å²) in [5.41, 5.74) is 0. The van der Waals surface area contributed by atoms with Crippen molar-refractivity contribution in [1.82, 2.24) is 0 Å². The fourth-order valence-corrected chi connectivity index (χ4v) is 2.20. The third-order valence-corrected chi connectivity index (χ3v) is 2.74. The second kappa shape index (κ2) is 5.13. The first-order valence-electron chi connectivity index (χ1n) is 2.21. The summed E-state index contributed by atoms with van der Waals surface area (Å²) in [7, 11) is 0. The van der Waals surface area contributed by atoms with Crippen LogP contribution in [0.4, 0.5) is 0 Å². The molecule has 0 fully saturated rings. The maximum atomic E-state index is 5.71. The highest BCUT2D eigenvalue weighted by Gasteiger charge is 2.26. The Kier molecular flexibility index (Phi) is 6.31. The van der Waals surface area contributed by atoms with Gasteiger partial charge in [0.05, 0.1) is 5.38 Å². The predicted octanol–water partition coefficient (Wildman–Crippen LogP) is 4.79. The molecule has 0 rings (SSSR count). The predicted molar refractivity (Wildman–Crippen MR) is 58.7 cm³/mol. The van der Waals surface area contributed by atoms with E-state index in [4.69, 9.17) is 34.8 Å². The van der Waals surface area contributed by atoms with Crippen molar-refractivity contribution < 1.29 is 0 Å². The zero-order valence-electron chi connectivity index (χ0n) is 4.55. The molecule has 0 nitrogen and oxygen atoms in total. The van der Waals surface area contributed by atoms with E-state index in [0.29, 0.717) is 6.42 Å². The lowest BCUT2D eigenvalue weighted by Crippen LogP contribution is -2.11. The Morgan fingerprint density at radius 1 is 1.30 bits per heavy atom. The normalized spacial score (nSPS) is 15.9. The molecule has 10 heavy (non-hydrogen) atoms. The van der Waals surface area contributed by atoms with E-state index in [-0.39, 0.29) is 12.4 Å². The van der Waals surface area contributed by atoms with Gasteiger partial charge in [0.25, 0.3) is 0 Å². The molecule has 0 aliphatic rings. The van der Waals surface area contributed by atoms with Crippen LogP contribution in [0.25, 0.3) is 0 Å². The van der Waals surface area contributed by atoms with Gasteiger partial charge in [-0.2, -0.15) is 0 Å². The molecule has 0 bridgehead atoms. The van der Waals surface area contributed by atoms with Gasteiger partial charge in [-0.05, 0) is 0 Å². The van der Waals surface area contributed by atoms with Crippen molar-refractivity contribution in [3.63, 3.8) is 0 Å². The lowest BCUT2D eigenvalue weighted by molar-refractivity contribution is 0.908. The topological polar surface area (TPSA) is 0 Å². The van der Waals surface area contributed by atoms with Gasteiger partial charge in [-0.15, -0.1) is 11.6 Å². The monoisotopic (exact) mass is 393 g/mol. The molecule has 0 aromatic heterocycles. The summed E-state index contributed by atoms with van der Waals surface area (Å²) in [5.74, 6) is 0. The summed E-state index contributed by atoms with van der Waals surface area (Å²) < 4.78 is -0.381. The van der Waals surface area contributed by atoms with E-state index in [1.54, 1.807) is 0 Å². The highest BCUT2D eigenvalue weighted by Crippen LogP contribution is 2.42. The first-order valence-corrected chi connectivity index (χ1v) is 5.78. The lowest BCUT2D eigenvalue weighted by atomic mass is 10.4. The summed E-state index contributed by atoms with van der Waals surface area (Å²) in [6.45, 7) is 0. The van der Waals surface area contributed by atoms with Gasteiger partial charge < -0.3 is 0 Å². The van der Waals surface area contributed by atoms with E-state index in [2.05, 4.69) is 47.8 Å². The Labute approximate surface area is 100 Å². The van der Waals surface area contributed by atoms with Gasteiger partial charge in [0, 0.05) is 6.42 Å². The first-order chi connectivity index (χ1) is 4.33. The standard InChI is InChI=1S/C4H3Br3Cl3/c5-4(6,7)1-2(8)3(9)10/h2H,1H2. The smallest absolute Gasteiger partial charge is 0.119 e. The van der Waals surface area contributed by atoms with Crippen LogP contribution in [0.2, 0.25) is 0 Å². The Balaban J connectivity index is 3.68. The molecule has 1 radical (unpaired) electrons. The second-order valence-corrected chi connectivity index (χ2v) is 10.4. The van der Waals surface area contributed by atoms with Gasteiger partial charge in [-0.1, -0.05) is 71.0 Å². The number of rotatable bonds is 2. The summed E-state index contributed by atoms with van der Waals surface area (Å²) in [6, 6.07) is 0. The molecule has 6 heteroatoms. The van der Waals surface area contributed by atoms with Crippen LogP contribution >= 0.6 is 82.6 Å². The van der Waals surface area contributed by atoms with Crippen LogP contribution in [0.15, 0.2) is 0 Å². The summed E-state index contributed by atoms with van der Waals surface area (Å²) in [6.07, 6.45) is 0.552. The van der Waals surface area contributed by atoms with E-state index >= 15 is 0 Å². The summed E-state index contributed by atoms with van der Waals surface area (Å²) in [4.78, 5) is 0.171. The molecular weight excluding hydrogens is 394 g/mol. The van der Waals surface area contributed by atoms with Crippen molar-refractivity contribution in [1.29, 1.82) is 0 Å². The molecule has 0 N–H and O–H groups in total. The van der Waals surface area contributed by atoms with Crippen LogP contribution in [0.5, 0.6) is 0 Å². The van der Waals surface area contributed by atoms with Crippen LogP contribution < -0.4 is 0 Å². The van der Waals surface area contributed by atoms with E-state index in [1.807, 2.05) is 0 Å². The van der Waals surface area contributed by atoms with Crippen molar-refractivity contribution in [3.8, 4) is 0 Å². The third kappa shape index (κ3) is 6.99. The zero-order valence-corrected chi connectivity index (χ0v) is 11.6. The van der Waals surface area contributed by atoms with E-state index in [9.17, 15) is 0 Å². The molecule has 0 amide bonds. The molecule has 61 valence electrons. The largest absolute Gasteiger partial charge is 0.168 e. The number of hydrogen-bond acceptors (Lipinski definition) is 0. The molecule has 0 heterocycles. The van der Waals surface area contributed by atoms with Crippen LogP contribution in [0, 0.1) is 4.84 Å². The van der Waals surface area contributed by atoms with Crippen molar-refractivity contribution in [3.05, 3.63) is 4.84 Å². The van der Waals surface area contributed by atoms with Gasteiger partial charge in [-0.3, -0.25) is 0 Å². The molecule has 1 atom stereocenters. The number of halogens is 6. The highest BCUT2D eigenvalue weighted by atomic mass is 80.0. The molecule has 1 unspecified atom stereocenters. The van der Waals surface area contributed by atoms with Gasteiger partial charge >= 0.3 is 0 Å². The van der Waals surface area contributed by atoms with Crippen LogP contribution in [-0.4, -0.2) is 7.52 Å². The minimum absolute atomic E-state index is 0.171. The van der Waals surface area contributed by atoms with Gasteiger partial charge in [-0.25, -0.2) is 0 Å². The average Bonchev–Trinajstić information content (AvgIpc) is 1.60. The minimum atomic E-state index is -0.381. The van der Waals surface area contributed by atoms with Gasteiger partial charge in [0.2, 0.25) is 0 Å². The Morgan fingerprint density at radius 3 is 1.80 bits per heavy atom. The van der Waals surface area contributed by atoms with Crippen molar-refractivity contribution >= 4 is 82.6 Å². The van der Waals surface area contributed by atoms with Crippen molar-refractivity contribution in [2.45, 2.75) is 13.9 Å². The van der Waals surface area contributed by atoms with E-state index in [1.165, 1.54) is 0 Å². The highest BCUT2D eigenvalue weighted by molar-refractivity contribution is 9.39. The van der Waals surface area contributed by atoms with Crippen LogP contribution in [0.1, 0.15) is 6.42 Å². The van der Waals surface area contributed by atoms with Crippen molar-refractivity contribution in [2.75, 3.05) is 0 Å². The maximum Gasteiger partial charge on any atom is 0.168 e. The molecular formula is C4H3Br3Cl3. The molecule has 0 saturated carbocycles. The fourth-order valence-electron chi connectivity index (χ4n) is 0.280.